The van der Waals surface area contributed by atoms with E-state index < -0.39 is 28.9 Å². The SMILES string of the molecule is CC1=C/CCC/C=C(C(c2ccc(C)cc2)(C(F)(F)F)C(F)(F)F)/C=C\1. The van der Waals surface area contributed by atoms with Crippen LogP contribution in [0.15, 0.2) is 59.7 Å². The second-order valence-electron chi connectivity index (χ2n) is 6.48. The highest BCUT2D eigenvalue weighted by Gasteiger charge is 2.72. The molecule has 1 aliphatic rings. The minimum absolute atomic E-state index is 0.142. The van der Waals surface area contributed by atoms with Crippen LogP contribution in [0.1, 0.15) is 37.3 Å². The van der Waals surface area contributed by atoms with Crippen LogP contribution in [0.25, 0.3) is 0 Å². The van der Waals surface area contributed by atoms with Gasteiger partial charge in [0.15, 0.2) is 0 Å². The summed E-state index contributed by atoms with van der Waals surface area (Å²) in [5.41, 5.74) is -4.44. The topological polar surface area (TPSA) is 0 Å². The number of hydrogen-bond acceptors (Lipinski definition) is 0. The van der Waals surface area contributed by atoms with Crippen molar-refractivity contribution in [2.75, 3.05) is 0 Å². The van der Waals surface area contributed by atoms with E-state index in [1.165, 1.54) is 18.2 Å². The van der Waals surface area contributed by atoms with Gasteiger partial charge in [0.2, 0.25) is 5.41 Å². The molecule has 26 heavy (non-hydrogen) atoms. The summed E-state index contributed by atoms with van der Waals surface area (Å²) in [7, 11) is 0. The van der Waals surface area contributed by atoms with E-state index in [9.17, 15) is 26.3 Å². The number of allylic oxidation sites excluding steroid dienone is 6. The van der Waals surface area contributed by atoms with Crippen LogP contribution >= 0.6 is 0 Å². The maximum atomic E-state index is 14.1. The van der Waals surface area contributed by atoms with Gasteiger partial charge in [0.1, 0.15) is 0 Å². The van der Waals surface area contributed by atoms with Crippen LogP contribution in [-0.2, 0) is 5.41 Å². The number of aryl methyl sites for hydroxylation is 1. The van der Waals surface area contributed by atoms with Crippen LogP contribution in [0, 0.1) is 6.92 Å². The molecule has 0 saturated carbocycles. The van der Waals surface area contributed by atoms with E-state index in [4.69, 9.17) is 0 Å². The summed E-state index contributed by atoms with van der Waals surface area (Å²) in [6.07, 6.45) is -4.69. The zero-order chi connectivity index (χ0) is 19.6. The molecule has 0 heterocycles. The van der Waals surface area contributed by atoms with Crippen LogP contribution in [0.4, 0.5) is 26.3 Å². The Hall–Kier alpha value is -1.98. The fraction of sp³-hybridized carbons (Fsp3) is 0.400. The number of hydrogen-bond donors (Lipinski definition) is 0. The lowest BCUT2D eigenvalue weighted by atomic mass is 9.71. The van der Waals surface area contributed by atoms with Gasteiger partial charge in [-0.1, -0.05) is 59.7 Å². The smallest absolute Gasteiger partial charge is 0.169 e. The van der Waals surface area contributed by atoms with Crippen molar-refractivity contribution in [1.82, 2.24) is 0 Å². The van der Waals surface area contributed by atoms with Crippen LogP contribution in [0.3, 0.4) is 0 Å². The van der Waals surface area contributed by atoms with Gasteiger partial charge in [0.25, 0.3) is 0 Å². The van der Waals surface area contributed by atoms with Crippen LogP contribution in [-0.4, -0.2) is 12.4 Å². The average Bonchev–Trinajstić information content (AvgIpc) is 2.60. The van der Waals surface area contributed by atoms with Gasteiger partial charge >= 0.3 is 12.4 Å². The predicted molar refractivity (Wildman–Crippen MR) is 89.8 cm³/mol. The van der Waals surface area contributed by atoms with Crippen LogP contribution in [0.5, 0.6) is 0 Å². The van der Waals surface area contributed by atoms with Crippen molar-refractivity contribution < 1.29 is 26.3 Å². The van der Waals surface area contributed by atoms with E-state index >= 15 is 0 Å². The molecule has 0 nitrogen and oxygen atoms in total. The molecule has 0 bridgehead atoms. The van der Waals surface area contributed by atoms with E-state index in [1.807, 2.05) is 6.08 Å². The molecule has 0 aromatic heterocycles. The van der Waals surface area contributed by atoms with Crippen molar-refractivity contribution in [3.63, 3.8) is 0 Å². The van der Waals surface area contributed by atoms with Crippen LogP contribution in [0.2, 0.25) is 0 Å². The highest BCUT2D eigenvalue weighted by atomic mass is 19.4. The van der Waals surface area contributed by atoms with Gasteiger partial charge in [0.05, 0.1) is 0 Å². The van der Waals surface area contributed by atoms with Gasteiger partial charge in [-0.3, -0.25) is 0 Å². The maximum Gasteiger partial charge on any atom is 0.411 e. The molecule has 142 valence electrons. The highest BCUT2D eigenvalue weighted by Crippen LogP contribution is 2.57. The summed E-state index contributed by atoms with van der Waals surface area (Å²) in [5, 5.41) is 0. The summed E-state index contributed by atoms with van der Waals surface area (Å²) >= 11 is 0. The maximum absolute atomic E-state index is 14.1. The summed E-state index contributed by atoms with van der Waals surface area (Å²) in [6, 6.07) is 4.37. The molecule has 0 aliphatic heterocycles. The Morgan fingerprint density at radius 1 is 0.731 bits per heavy atom. The Morgan fingerprint density at radius 2 is 1.27 bits per heavy atom. The fourth-order valence-electron chi connectivity index (χ4n) is 3.13. The molecule has 1 aliphatic carbocycles. The third-order valence-electron chi connectivity index (χ3n) is 4.53. The molecule has 1 aromatic carbocycles. The standard InChI is InChI=1S/C20H20F6/c1-14-6-4-3-5-7-16(11-8-14)18(19(21,22)23,20(24,25)26)17-12-9-15(2)10-13-17/h6-13H,3-5H2,1-2H3/b11-8-,14-6-,16-7-. The van der Waals surface area contributed by atoms with E-state index in [0.29, 0.717) is 24.0 Å². The van der Waals surface area contributed by atoms with E-state index in [0.717, 1.165) is 24.3 Å². The number of halogens is 6. The molecule has 0 N–H and O–H groups in total. The van der Waals surface area contributed by atoms with Gasteiger partial charge in [0, 0.05) is 0 Å². The Balaban J connectivity index is 2.82. The first-order chi connectivity index (χ1) is 12.0. The summed E-state index contributed by atoms with van der Waals surface area (Å²) in [6.45, 7) is 3.27. The quantitative estimate of drug-likeness (QED) is 0.490. The predicted octanol–water partition coefficient (Wildman–Crippen LogP) is 6.97. The first kappa shape index (κ1) is 20.3. The molecule has 0 unspecified atom stereocenters. The monoisotopic (exact) mass is 374 g/mol. The molecule has 0 spiro atoms. The Kier molecular flexibility index (Phi) is 5.73. The largest absolute Gasteiger partial charge is 0.411 e. The third kappa shape index (κ3) is 3.74. The van der Waals surface area contributed by atoms with E-state index in [1.54, 1.807) is 13.8 Å². The molecule has 2 rings (SSSR count). The molecular weight excluding hydrogens is 354 g/mol. The van der Waals surface area contributed by atoms with Gasteiger partial charge in [-0.15, -0.1) is 0 Å². The first-order valence-corrected chi connectivity index (χ1v) is 8.26. The zero-order valence-electron chi connectivity index (χ0n) is 14.5. The molecule has 0 radical (unpaired) electrons. The summed E-state index contributed by atoms with van der Waals surface area (Å²) < 4.78 is 84.4. The lowest BCUT2D eigenvalue weighted by molar-refractivity contribution is -0.289. The average molecular weight is 374 g/mol. The van der Waals surface area contributed by atoms with Gasteiger partial charge in [-0.2, -0.15) is 26.3 Å². The van der Waals surface area contributed by atoms with Gasteiger partial charge in [-0.25, -0.2) is 0 Å². The van der Waals surface area contributed by atoms with Crippen LogP contribution < -0.4 is 0 Å². The van der Waals surface area contributed by atoms with E-state index in [2.05, 4.69) is 0 Å². The normalized spacial score (nSPS) is 22.3. The molecule has 0 fully saturated rings. The summed E-state index contributed by atoms with van der Waals surface area (Å²) in [4.78, 5) is 0. The van der Waals surface area contributed by atoms with Gasteiger partial charge in [-0.05, 0) is 44.2 Å². The molecule has 0 amide bonds. The Morgan fingerprint density at radius 3 is 1.81 bits per heavy atom. The molecule has 1 aromatic rings. The fourth-order valence-corrected chi connectivity index (χ4v) is 3.13. The Bertz CT molecular complexity index is 700. The van der Waals surface area contributed by atoms with Crippen molar-refractivity contribution in [3.8, 4) is 0 Å². The minimum Gasteiger partial charge on any atom is -0.169 e. The lowest BCUT2D eigenvalue weighted by Gasteiger charge is -2.39. The van der Waals surface area contributed by atoms with Gasteiger partial charge < -0.3 is 0 Å². The van der Waals surface area contributed by atoms with Crippen molar-refractivity contribution in [2.45, 2.75) is 50.9 Å². The number of benzene rings is 1. The van der Waals surface area contributed by atoms with Crippen molar-refractivity contribution in [1.29, 1.82) is 0 Å². The third-order valence-corrected chi connectivity index (χ3v) is 4.53. The second-order valence-corrected chi connectivity index (χ2v) is 6.48. The van der Waals surface area contributed by atoms with Crippen molar-refractivity contribution in [3.05, 3.63) is 70.8 Å². The second kappa shape index (κ2) is 7.33. The molecule has 0 saturated heterocycles. The minimum atomic E-state index is -5.54. The lowest BCUT2D eigenvalue weighted by Crippen LogP contribution is -2.55. The van der Waals surface area contributed by atoms with E-state index in [-0.39, 0.29) is 6.42 Å². The van der Waals surface area contributed by atoms with Crippen molar-refractivity contribution in [2.24, 2.45) is 0 Å². The molecule has 0 atom stereocenters. The van der Waals surface area contributed by atoms with Crippen molar-refractivity contribution >= 4 is 0 Å². The molecular formula is C20H20F6. The zero-order valence-corrected chi connectivity index (χ0v) is 14.5. The molecule has 6 heteroatoms. The number of alkyl halides is 6. The summed E-state index contributed by atoms with van der Waals surface area (Å²) in [5.74, 6) is 0. The number of rotatable bonds is 2. The highest BCUT2D eigenvalue weighted by molar-refractivity contribution is 5.48. The first-order valence-electron chi connectivity index (χ1n) is 8.26. The Labute approximate surface area is 148 Å².